The molecule has 0 aliphatic carbocycles. The maximum atomic E-state index is 12.1. The van der Waals surface area contributed by atoms with E-state index in [0.29, 0.717) is 19.1 Å². The van der Waals surface area contributed by atoms with Gasteiger partial charge in [-0.2, -0.15) is 11.3 Å². The van der Waals surface area contributed by atoms with Crippen LogP contribution in [-0.4, -0.2) is 43.2 Å². The SMILES string of the molecule is O=C(CN1CCC[C@H]1c1ccsc1)NC[C@@H]1CCCO1. The Morgan fingerprint density at radius 3 is 3.15 bits per heavy atom. The van der Waals surface area contributed by atoms with Crippen LogP contribution in [0.3, 0.4) is 0 Å². The van der Waals surface area contributed by atoms with Crippen LogP contribution in [0.5, 0.6) is 0 Å². The summed E-state index contributed by atoms with van der Waals surface area (Å²) in [4.78, 5) is 14.4. The summed E-state index contributed by atoms with van der Waals surface area (Å²) in [5, 5.41) is 7.33. The van der Waals surface area contributed by atoms with E-state index < -0.39 is 0 Å². The lowest BCUT2D eigenvalue weighted by Gasteiger charge is -2.23. The number of amides is 1. The first kappa shape index (κ1) is 14.0. The highest BCUT2D eigenvalue weighted by Gasteiger charge is 2.28. The molecule has 2 fully saturated rings. The third-order valence-electron chi connectivity index (χ3n) is 4.19. The molecule has 2 aliphatic heterocycles. The van der Waals surface area contributed by atoms with Crippen molar-refractivity contribution in [3.05, 3.63) is 22.4 Å². The van der Waals surface area contributed by atoms with Crippen molar-refractivity contribution in [3.63, 3.8) is 0 Å². The molecule has 20 heavy (non-hydrogen) atoms. The maximum absolute atomic E-state index is 12.1. The predicted molar refractivity (Wildman–Crippen MR) is 79.9 cm³/mol. The largest absolute Gasteiger partial charge is 0.376 e. The minimum absolute atomic E-state index is 0.127. The van der Waals surface area contributed by atoms with Gasteiger partial charge in [0.15, 0.2) is 0 Å². The van der Waals surface area contributed by atoms with Crippen LogP contribution in [0.15, 0.2) is 16.8 Å². The molecule has 5 heteroatoms. The average molecular weight is 294 g/mol. The number of carbonyl (C=O) groups excluding carboxylic acids is 1. The van der Waals surface area contributed by atoms with Gasteiger partial charge in [-0.25, -0.2) is 0 Å². The Morgan fingerprint density at radius 2 is 2.40 bits per heavy atom. The normalized spacial score (nSPS) is 27.0. The van der Waals surface area contributed by atoms with Crippen LogP contribution in [0.4, 0.5) is 0 Å². The van der Waals surface area contributed by atoms with Crippen molar-refractivity contribution in [3.8, 4) is 0 Å². The molecule has 0 spiro atoms. The number of nitrogens with one attached hydrogen (secondary N) is 1. The minimum Gasteiger partial charge on any atom is -0.376 e. The fraction of sp³-hybridized carbons (Fsp3) is 0.667. The summed E-state index contributed by atoms with van der Waals surface area (Å²) < 4.78 is 5.53. The van der Waals surface area contributed by atoms with Crippen molar-refractivity contribution in [2.45, 2.75) is 37.8 Å². The number of carbonyl (C=O) groups is 1. The predicted octanol–water partition coefficient (Wildman–Crippen LogP) is 2.18. The number of rotatable bonds is 5. The average Bonchev–Trinajstić information content (AvgIpc) is 3.18. The first-order chi connectivity index (χ1) is 9.83. The lowest BCUT2D eigenvalue weighted by Crippen LogP contribution is -2.39. The molecule has 2 aliphatic rings. The van der Waals surface area contributed by atoms with Gasteiger partial charge in [0.25, 0.3) is 0 Å². The van der Waals surface area contributed by atoms with Crippen LogP contribution >= 0.6 is 11.3 Å². The molecule has 4 nitrogen and oxygen atoms in total. The summed E-state index contributed by atoms with van der Waals surface area (Å²) in [5.41, 5.74) is 1.36. The van der Waals surface area contributed by atoms with Crippen molar-refractivity contribution in [1.29, 1.82) is 0 Å². The maximum Gasteiger partial charge on any atom is 0.234 e. The number of thiophene rings is 1. The topological polar surface area (TPSA) is 41.6 Å². The highest BCUT2D eigenvalue weighted by Crippen LogP contribution is 2.32. The molecule has 0 bridgehead atoms. The molecular formula is C15H22N2O2S. The number of hydrogen-bond acceptors (Lipinski definition) is 4. The summed E-state index contributed by atoms with van der Waals surface area (Å²) >= 11 is 1.73. The zero-order valence-corrected chi connectivity index (χ0v) is 12.5. The van der Waals surface area contributed by atoms with Crippen LogP contribution in [-0.2, 0) is 9.53 Å². The van der Waals surface area contributed by atoms with Gasteiger partial charge >= 0.3 is 0 Å². The van der Waals surface area contributed by atoms with Gasteiger partial charge in [-0.1, -0.05) is 0 Å². The van der Waals surface area contributed by atoms with Crippen molar-refractivity contribution in [1.82, 2.24) is 10.2 Å². The van der Waals surface area contributed by atoms with E-state index in [4.69, 9.17) is 4.74 Å². The number of likely N-dealkylation sites (tertiary alicyclic amines) is 1. The van der Waals surface area contributed by atoms with Crippen molar-refractivity contribution in [2.24, 2.45) is 0 Å². The third kappa shape index (κ3) is 3.40. The van der Waals surface area contributed by atoms with E-state index >= 15 is 0 Å². The zero-order valence-electron chi connectivity index (χ0n) is 11.7. The van der Waals surface area contributed by atoms with E-state index in [9.17, 15) is 4.79 Å². The van der Waals surface area contributed by atoms with Gasteiger partial charge in [0.05, 0.1) is 12.6 Å². The summed E-state index contributed by atoms with van der Waals surface area (Å²) in [6.45, 7) is 3.03. The monoisotopic (exact) mass is 294 g/mol. The summed E-state index contributed by atoms with van der Waals surface area (Å²) in [6, 6.07) is 2.60. The molecule has 1 aromatic rings. The van der Waals surface area contributed by atoms with E-state index in [1.165, 1.54) is 12.0 Å². The van der Waals surface area contributed by atoms with Crippen LogP contribution in [0, 0.1) is 0 Å². The minimum atomic E-state index is 0.127. The van der Waals surface area contributed by atoms with Crippen molar-refractivity contribution >= 4 is 17.2 Å². The van der Waals surface area contributed by atoms with Crippen molar-refractivity contribution in [2.75, 3.05) is 26.2 Å². The Kier molecular flexibility index (Phi) is 4.70. The van der Waals surface area contributed by atoms with Crippen molar-refractivity contribution < 1.29 is 9.53 Å². The van der Waals surface area contributed by atoms with Gasteiger partial charge in [0, 0.05) is 19.2 Å². The number of hydrogen-bond donors (Lipinski definition) is 1. The zero-order chi connectivity index (χ0) is 13.8. The first-order valence-electron chi connectivity index (χ1n) is 7.47. The molecule has 2 saturated heterocycles. The molecular weight excluding hydrogens is 272 g/mol. The molecule has 2 atom stereocenters. The highest BCUT2D eigenvalue weighted by atomic mass is 32.1. The lowest BCUT2D eigenvalue weighted by atomic mass is 10.1. The fourth-order valence-electron chi connectivity index (χ4n) is 3.13. The number of nitrogens with zero attached hydrogens (tertiary/aromatic N) is 1. The molecule has 0 unspecified atom stereocenters. The fourth-order valence-corrected chi connectivity index (χ4v) is 3.84. The first-order valence-corrected chi connectivity index (χ1v) is 8.41. The van der Waals surface area contributed by atoms with E-state index in [-0.39, 0.29) is 12.0 Å². The Hall–Kier alpha value is -0.910. The Bertz CT molecular complexity index is 429. The van der Waals surface area contributed by atoms with E-state index in [1.807, 2.05) is 0 Å². The third-order valence-corrected chi connectivity index (χ3v) is 4.89. The summed E-state index contributed by atoms with van der Waals surface area (Å²) in [7, 11) is 0. The van der Waals surface area contributed by atoms with Crippen LogP contribution in [0.25, 0.3) is 0 Å². The molecule has 1 amide bonds. The second-order valence-electron chi connectivity index (χ2n) is 5.62. The second-order valence-corrected chi connectivity index (χ2v) is 6.40. The molecule has 0 saturated carbocycles. The standard InChI is InChI=1S/C15H22N2O2S/c18-15(16-9-13-3-2-7-19-13)10-17-6-1-4-14(17)12-5-8-20-11-12/h5,8,11,13-14H,1-4,6-7,9-10H2,(H,16,18)/t13-,14-/m0/s1. The van der Waals surface area contributed by atoms with Gasteiger partial charge in [-0.3, -0.25) is 9.69 Å². The summed E-state index contributed by atoms with van der Waals surface area (Å²) in [6.07, 6.45) is 4.76. The van der Waals surface area contributed by atoms with Crippen LogP contribution < -0.4 is 5.32 Å². The van der Waals surface area contributed by atoms with E-state index in [2.05, 4.69) is 27.0 Å². The smallest absolute Gasteiger partial charge is 0.234 e. The Labute approximate surface area is 124 Å². The van der Waals surface area contributed by atoms with Gasteiger partial charge in [0.1, 0.15) is 0 Å². The highest BCUT2D eigenvalue weighted by molar-refractivity contribution is 7.07. The van der Waals surface area contributed by atoms with Gasteiger partial charge in [-0.05, 0) is 54.6 Å². The van der Waals surface area contributed by atoms with Gasteiger partial charge < -0.3 is 10.1 Å². The van der Waals surface area contributed by atoms with Crippen LogP contribution in [0.1, 0.15) is 37.3 Å². The quantitative estimate of drug-likeness (QED) is 0.905. The lowest BCUT2D eigenvalue weighted by molar-refractivity contribution is -0.123. The molecule has 0 radical (unpaired) electrons. The van der Waals surface area contributed by atoms with Gasteiger partial charge in [0.2, 0.25) is 5.91 Å². The Balaban J connectivity index is 1.47. The molecule has 3 heterocycles. The molecule has 110 valence electrons. The van der Waals surface area contributed by atoms with Crippen LogP contribution in [0.2, 0.25) is 0 Å². The molecule has 3 rings (SSSR count). The Morgan fingerprint density at radius 1 is 1.45 bits per heavy atom. The summed E-state index contributed by atoms with van der Waals surface area (Å²) in [5.74, 6) is 0.127. The van der Waals surface area contributed by atoms with E-state index in [1.54, 1.807) is 11.3 Å². The van der Waals surface area contributed by atoms with E-state index in [0.717, 1.165) is 32.4 Å². The molecule has 1 N–H and O–H groups in total. The molecule has 1 aromatic heterocycles. The number of ether oxygens (including phenoxy) is 1. The molecule has 0 aromatic carbocycles. The second kappa shape index (κ2) is 6.70. The van der Waals surface area contributed by atoms with Gasteiger partial charge in [-0.15, -0.1) is 0 Å².